The number of aryl methyl sites for hydroxylation is 1. The minimum absolute atomic E-state index is 0.308. The molecule has 0 bridgehead atoms. The van der Waals surface area contributed by atoms with Gasteiger partial charge >= 0.3 is 5.97 Å². The van der Waals surface area contributed by atoms with E-state index >= 15 is 0 Å². The van der Waals surface area contributed by atoms with E-state index < -0.39 is 5.97 Å². The highest BCUT2D eigenvalue weighted by Crippen LogP contribution is 2.19. The van der Waals surface area contributed by atoms with E-state index in [1.165, 1.54) is 0 Å². The molecule has 1 N–H and O–H groups in total. The molecule has 1 heterocycles. The van der Waals surface area contributed by atoms with Crippen LogP contribution in [0, 0.1) is 12.8 Å². The summed E-state index contributed by atoms with van der Waals surface area (Å²) in [6.45, 7) is 7.06. The molecule has 0 amide bonds. The van der Waals surface area contributed by atoms with Crippen molar-refractivity contribution in [3.8, 4) is 0 Å². The second-order valence-corrected chi connectivity index (χ2v) is 4.67. The van der Waals surface area contributed by atoms with Gasteiger partial charge in [0.05, 0.1) is 16.6 Å². The van der Waals surface area contributed by atoms with Gasteiger partial charge in [-0.2, -0.15) is 0 Å². The number of fused-ring (bicyclic) bond motifs is 1. The Hall–Kier alpha value is -1.84. The third-order valence-corrected chi connectivity index (χ3v) is 2.73. The fraction of sp³-hybridized carbons (Fsp3) is 0.385. The number of hydrogen-bond donors (Lipinski definition) is 1. The molecule has 4 heteroatoms. The van der Waals surface area contributed by atoms with E-state index in [0.717, 1.165) is 23.4 Å². The van der Waals surface area contributed by atoms with Crippen molar-refractivity contribution in [3.05, 3.63) is 29.6 Å². The number of rotatable bonds is 3. The largest absolute Gasteiger partial charge is 0.478 e. The number of carboxylic acid groups (broad SMARTS) is 1. The van der Waals surface area contributed by atoms with Crippen molar-refractivity contribution < 1.29 is 9.90 Å². The fourth-order valence-corrected chi connectivity index (χ4v) is 1.97. The Labute approximate surface area is 99.9 Å². The lowest BCUT2D eigenvalue weighted by Crippen LogP contribution is -2.06. The van der Waals surface area contributed by atoms with Crippen LogP contribution in [0.5, 0.6) is 0 Å². The maximum absolute atomic E-state index is 11.0. The van der Waals surface area contributed by atoms with E-state index in [0.29, 0.717) is 11.5 Å². The molecular weight excluding hydrogens is 216 g/mol. The second kappa shape index (κ2) is 4.20. The highest BCUT2D eigenvalue weighted by atomic mass is 16.4. The molecular formula is C13H16N2O2. The maximum atomic E-state index is 11.0. The lowest BCUT2D eigenvalue weighted by Gasteiger charge is -2.09. The van der Waals surface area contributed by atoms with Crippen LogP contribution in [0.4, 0.5) is 0 Å². The van der Waals surface area contributed by atoms with Crippen molar-refractivity contribution in [2.75, 3.05) is 0 Å². The Morgan fingerprint density at radius 1 is 1.47 bits per heavy atom. The van der Waals surface area contributed by atoms with Gasteiger partial charge in [-0.1, -0.05) is 13.8 Å². The average Bonchev–Trinajstić information content (AvgIpc) is 2.54. The highest BCUT2D eigenvalue weighted by molar-refractivity contribution is 5.92. The average molecular weight is 232 g/mol. The number of carbonyl (C=O) groups is 1. The Bertz CT molecular complexity index is 570. The standard InChI is InChI=1S/C13H16N2O2/c1-8(2)7-15-9(3)14-11-5-4-10(13(16)17)6-12(11)15/h4-6,8H,7H2,1-3H3,(H,16,17). The van der Waals surface area contributed by atoms with Crippen molar-refractivity contribution in [2.24, 2.45) is 5.92 Å². The monoisotopic (exact) mass is 232 g/mol. The van der Waals surface area contributed by atoms with Gasteiger partial charge in [0.1, 0.15) is 5.82 Å². The molecule has 0 atom stereocenters. The predicted octanol–water partition coefficient (Wildman–Crippen LogP) is 2.70. The normalized spacial score (nSPS) is 11.3. The first-order valence-electron chi connectivity index (χ1n) is 5.69. The molecule has 4 nitrogen and oxygen atoms in total. The molecule has 17 heavy (non-hydrogen) atoms. The fourth-order valence-electron chi connectivity index (χ4n) is 1.97. The molecule has 2 aromatic rings. The molecule has 1 aromatic heterocycles. The first kappa shape index (κ1) is 11.6. The number of aromatic carboxylic acids is 1. The zero-order valence-corrected chi connectivity index (χ0v) is 10.3. The Kier molecular flexibility index (Phi) is 2.88. The van der Waals surface area contributed by atoms with E-state index in [2.05, 4.69) is 23.4 Å². The summed E-state index contributed by atoms with van der Waals surface area (Å²) in [5.41, 5.74) is 2.06. The number of nitrogens with zero attached hydrogens (tertiary/aromatic N) is 2. The minimum atomic E-state index is -0.901. The van der Waals surface area contributed by atoms with Crippen LogP contribution in [0.3, 0.4) is 0 Å². The van der Waals surface area contributed by atoms with Crippen LogP contribution < -0.4 is 0 Å². The van der Waals surface area contributed by atoms with Crippen LogP contribution in [-0.2, 0) is 6.54 Å². The zero-order valence-electron chi connectivity index (χ0n) is 10.3. The van der Waals surface area contributed by atoms with Crippen molar-refractivity contribution in [3.63, 3.8) is 0 Å². The van der Waals surface area contributed by atoms with Gasteiger partial charge in [-0.05, 0) is 31.0 Å². The van der Waals surface area contributed by atoms with E-state index in [-0.39, 0.29) is 0 Å². The summed E-state index contributed by atoms with van der Waals surface area (Å²) >= 11 is 0. The summed E-state index contributed by atoms with van der Waals surface area (Å²) in [7, 11) is 0. The SMILES string of the molecule is Cc1nc2ccc(C(=O)O)cc2n1CC(C)C. The summed E-state index contributed by atoms with van der Waals surface area (Å²) in [6.07, 6.45) is 0. The van der Waals surface area contributed by atoms with Gasteiger partial charge in [-0.3, -0.25) is 0 Å². The van der Waals surface area contributed by atoms with Gasteiger partial charge in [0.15, 0.2) is 0 Å². The topological polar surface area (TPSA) is 55.1 Å². The van der Waals surface area contributed by atoms with Crippen LogP contribution in [0.25, 0.3) is 11.0 Å². The quantitative estimate of drug-likeness (QED) is 0.885. The van der Waals surface area contributed by atoms with E-state index in [1.54, 1.807) is 18.2 Å². The second-order valence-electron chi connectivity index (χ2n) is 4.67. The summed E-state index contributed by atoms with van der Waals surface area (Å²) in [5.74, 6) is 0.526. The smallest absolute Gasteiger partial charge is 0.335 e. The first-order valence-corrected chi connectivity index (χ1v) is 5.69. The minimum Gasteiger partial charge on any atom is -0.478 e. The lowest BCUT2D eigenvalue weighted by molar-refractivity contribution is 0.0697. The molecule has 1 aromatic carbocycles. The molecule has 0 unspecified atom stereocenters. The molecule has 0 spiro atoms. The summed E-state index contributed by atoms with van der Waals surface area (Å²) in [6, 6.07) is 5.06. The van der Waals surface area contributed by atoms with Crippen molar-refractivity contribution >= 4 is 17.0 Å². The zero-order chi connectivity index (χ0) is 12.6. The van der Waals surface area contributed by atoms with Gasteiger partial charge in [-0.15, -0.1) is 0 Å². The number of carboxylic acids is 1. The van der Waals surface area contributed by atoms with Gasteiger partial charge in [0, 0.05) is 6.54 Å². The third kappa shape index (κ3) is 2.16. The van der Waals surface area contributed by atoms with Crippen LogP contribution in [0.2, 0.25) is 0 Å². The Morgan fingerprint density at radius 3 is 2.76 bits per heavy atom. The number of hydrogen-bond acceptors (Lipinski definition) is 2. The van der Waals surface area contributed by atoms with Crippen LogP contribution in [-0.4, -0.2) is 20.6 Å². The number of benzene rings is 1. The van der Waals surface area contributed by atoms with E-state index in [4.69, 9.17) is 5.11 Å². The summed E-state index contributed by atoms with van der Waals surface area (Å²) in [5, 5.41) is 8.99. The van der Waals surface area contributed by atoms with Gasteiger partial charge in [0.2, 0.25) is 0 Å². The van der Waals surface area contributed by atoms with Crippen molar-refractivity contribution in [1.29, 1.82) is 0 Å². The molecule has 0 saturated heterocycles. The highest BCUT2D eigenvalue weighted by Gasteiger charge is 2.11. The summed E-state index contributed by atoms with van der Waals surface area (Å²) in [4.78, 5) is 15.4. The van der Waals surface area contributed by atoms with Crippen molar-refractivity contribution in [2.45, 2.75) is 27.3 Å². The number of aromatic nitrogens is 2. The predicted molar refractivity (Wildman–Crippen MR) is 66.3 cm³/mol. The molecule has 0 radical (unpaired) electrons. The van der Waals surface area contributed by atoms with Crippen molar-refractivity contribution in [1.82, 2.24) is 9.55 Å². The molecule has 0 aliphatic carbocycles. The molecule has 2 rings (SSSR count). The number of imidazole rings is 1. The van der Waals surface area contributed by atoms with Gasteiger partial charge in [0.25, 0.3) is 0 Å². The third-order valence-electron chi connectivity index (χ3n) is 2.73. The molecule has 0 fully saturated rings. The van der Waals surface area contributed by atoms with Gasteiger partial charge in [-0.25, -0.2) is 9.78 Å². The van der Waals surface area contributed by atoms with Gasteiger partial charge < -0.3 is 9.67 Å². The van der Waals surface area contributed by atoms with E-state index in [1.807, 2.05) is 6.92 Å². The van der Waals surface area contributed by atoms with E-state index in [9.17, 15) is 4.79 Å². The molecule has 0 aliphatic rings. The summed E-state index contributed by atoms with van der Waals surface area (Å²) < 4.78 is 2.08. The molecule has 90 valence electrons. The maximum Gasteiger partial charge on any atom is 0.335 e. The van der Waals surface area contributed by atoms with Crippen LogP contribution in [0.1, 0.15) is 30.0 Å². The van der Waals surface area contributed by atoms with Crippen LogP contribution >= 0.6 is 0 Å². The first-order chi connectivity index (χ1) is 7.99. The molecule has 0 saturated carbocycles. The Morgan fingerprint density at radius 2 is 2.18 bits per heavy atom. The van der Waals surface area contributed by atoms with Crippen LogP contribution in [0.15, 0.2) is 18.2 Å². The lowest BCUT2D eigenvalue weighted by atomic mass is 10.2. The Balaban J connectivity index is 2.60. The molecule has 0 aliphatic heterocycles.